The summed E-state index contributed by atoms with van der Waals surface area (Å²) in [6, 6.07) is 32.3. The molecule has 0 saturated heterocycles. The van der Waals surface area contributed by atoms with E-state index in [9.17, 15) is 0 Å². The third-order valence-electron chi connectivity index (χ3n) is 8.48. The van der Waals surface area contributed by atoms with Crippen LogP contribution in [0.5, 0.6) is 0 Å². The molecule has 4 aromatic carbocycles. The van der Waals surface area contributed by atoms with Crippen LogP contribution < -0.4 is 14.7 Å². The van der Waals surface area contributed by atoms with Crippen molar-refractivity contribution in [3.63, 3.8) is 0 Å². The Labute approximate surface area is 221 Å². The van der Waals surface area contributed by atoms with Crippen molar-refractivity contribution in [2.75, 3.05) is 34.3 Å². The molecule has 0 fully saturated rings. The highest BCUT2D eigenvalue weighted by Crippen LogP contribution is 2.68. The Kier molecular flexibility index (Phi) is 5.11. The average molecular weight is 486 g/mol. The lowest BCUT2D eigenvalue weighted by atomic mass is 9.57. The van der Waals surface area contributed by atoms with Gasteiger partial charge in [0.2, 0.25) is 0 Å². The molecule has 0 aromatic heterocycles. The fraction of sp³-hybridized carbons (Fsp3) is 0.294. The summed E-state index contributed by atoms with van der Waals surface area (Å²) >= 11 is 0. The zero-order valence-corrected chi connectivity index (χ0v) is 22.2. The van der Waals surface area contributed by atoms with Crippen LogP contribution >= 0.6 is 0 Å². The third-order valence-corrected chi connectivity index (χ3v) is 8.48. The largest absolute Gasteiger partial charge is 0.341 e. The maximum absolute atomic E-state index is 2.60. The van der Waals surface area contributed by atoms with Crippen molar-refractivity contribution in [2.45, 2.75) is 45.4 Å². The van der Waals surface area contributed by atoms with Crippen LogP contribution in [-0.4, -0.2) is 19.6 Å². The molecule has 3 heterocycles. The van der Waals surface area contributed by atoms with Gasteiger partial charge in [0.25, 0.3) is 0 Å². The first-order valence-electron chi connectivity index (χ1n) is 14.1. The lowest BCUT2D eigenvalue weighted by molar-refractivity contribution is 0.668. The predicted octanol–water partition coefficient (Wildman–Crippen LogP) is 8.65. The van der Waals surface area contributed by atoms with Gasteiger partial charge in [0, 0.05) is 70.4 Å². The quantitative estimate of drug-likeness (QED) is 0.259. The Morgan fingerprint density at radius 3 is 1.05 bits per heavy atom. The average Bonchev–Trinajstić information content (AvgIpc) is 2.94. The van der Waals surface area contributed by atoms with Gasteiger partial charge in [-0.3, -0.25) is 0 Å². The second kappa shape index (κ2) is 8.41. The maximum Gasteiger partial charge on any atom is 0.0824 e. The fourth-order valence-electron chi connectivity index (χ4n) is 7.37. The van der Waals surface area contributed by atoms with Gasteiger partial charge in [0.05, 0.1) is 5.41 Å². The molecule has 3 heteroatoms. The van der Waals surface area contributed by atoms with Crippen molar-refractivity contribution in [2.24, 2.45) is 0 Å². The lowest BCUT2D eigenvalue weighted by Gasteiger charge is -2.56. The molecule has 0 spiro atoms. The smallest absolute Gasteiger partial charge is 0.0824 e. The van der Waals surface area contributed by atoms with E-state index in [1.165, 1.54) is 56.4 Å². The molecular weight excluding hydrogens is 450 g/mol. The minimum Gasteiger partial charge on any atom is -0.341 e. The van der Waals surface area contributed by atoms with E-state index in [-0.39, 0.29) is 5.41 Å². The highest BCUT2D eigenvalue weighted by Gasteiger charge is 2.56. The minimum absolute atomic E-state index is 0.343. The SMILES string of the molecule is CCCN1c2cccc3c2C2(c4ccccc4)c4c1cccc4N(CCC)c1cccc(c12)N3CCC. The van der Waals surface area contributed by atoms with Gasteiger partial charge in [0.15, 0.2) is 0 Å². The van der Waals surface area contributed by atoms with Crippen LogP contribution in [0.4, 0.5) is 34.1 Å². The Bertz CT molecular complexity index is 1270. The van der Waals surface area contributed by atoms with Gasteiger partial charge in [-0.05, 0) is 61.2 Å². The van der Waals surface area contributed by atoms with E-state index in [2.05, 4.69) is 120 Å². The van der Waals surface area contributed by atoms with E-state index in [1.807, 2.05) is 0 Å². The molecular formula is C34H35N3. The standard InChI is InChI=1S/C34H35N3/c1-4-21-35-25-15-10-17-27-31(25)34(24-13-8-7-9-14-24)32-26(35)16-11-18-28(32)37(23-6-3)30-20-12-19-29(33(30)34)36(27)22-5-2/h7-20H,4-6,21-23H2,1-3H3. The summed E-state index contributed by atoms with van der Waals surface area (Å²) in [6.07, 6.45) is 3.31. The summed E-state index contributed by atoms with van der Waals surface area (Å²) in [4.78, 5) is 7.81. The summed E-state index contributed by atoms with van der Waals surface area (Å²) in [5.74, 6) is 0. The number of nitrogens with zero attached hydrogens (tertiary/aromatic N) is 3. The normalized spacial score (nSPS) is 15.6. The van der Waals surface area contributed by atoms with Gasteiger partial charge in [-0.15, -0.1) is 0 Å². The first-order valence-corrected chi connectivity index (χ1v) is 14.1. The molecule has 0 bridgehead atoms. The second-order valence-electron chi connectivity index (χ2n) is 10.6. The van der Waals surface area contributed by atoms with E-state index >= 15 is 0 Å². The van der Waals surface area contributed by atoms with E-state index in [1.54, 1.807) is 0 Å². The number of hydrogen-bond acceptors (Lipinski definition) is 3. The first kappa shape index (κ1) is 22.5. The number of anilines is 6. The fourth-order valence-corrected chi connectivity index (χ4v) is 7.37. The molecule has 3 nitrogen and oxygen atoms in total. The lowest BCUT2D eigenvalue weighted by Crippen LogP contribution is -2.48. The summed E-state index contributed by atoms with van der Waals surface area (Å²) in [6.45, 7) is 9.91. The molecule has 0 radical (unpaired) electrons. The van der Waals surface area contributed by atoms with Gasteiger partial charge >= 0.3 is 0 Å². The first-order chi connectivity index (χ1) is 18.3. The van der Waals surface area contributed by atoms with Crippen molar-refractivity contribution in [3.05, 3.63) is 107 Å². The second-order valence-corrected chi connectivity index (χ2v) is 10.6. The van der Waals surface area contributed by atoms with Gasteiger partial charge < -0.3 is 14.7 Å². The maximum atomic E-state index is 2.60. The van der Waals surface area contributed by atoms with E-state index in [0.29, 0.717) is 0 Å². The summed E-state index contributed by atoms with van der Waals surface area (Å²) in [5, 5.41) is 0. The Balaban J connectivity index is 1.73. The summed E-state index contributed by atoms with van der Waals surface area (Å²) < 4.78 is 0. The molecule has 3 aliphatic rings. The molecule has 0 unspecified atom stereocenters. The minimum atomic E-state index is -0.343. The highest BCUT2D eigenvalue weighted by atomic mass is 15.2. The van der Waals surface area contributed by atoms with Gasteiger partial charge in [-0.1, -0.05) is 69.3 Å². The molecule has 0 N–H and O–H groups in total. The van der Waals surface area contributed by atoms with Crippen LogP contribution in [0, 0.1) is 0 Å². The van der Waals surface area contributed by atoms with Gasteiger partial charge in [-0.2, -0.15) is 0 Å². The molecule has 4 aromatic rings. The molecule has 0 atom stereocenters. The van der Waals surface area contributed by atoms with Crippen molar-refractivity contribution >= 4 is 34.1 Å². The molecule has 186 valence electrons. The Morgan fingerprint density at radius 1 is 0.432 bits per heavy atom. The monoisotopic (exact) mass is 485 g/mol. The third kappa shape index (κ3) is 2.77. The van der Waals surface area contributed by atoms with E-state index in [0.717, 1.165) is 38.9 Å². The summed E-state index contributed by atoms with van der Waals surface area (Å²) in [5.41, 5.74) is 13.6. The Morgan fingerprint density at radius 2 is 0.757 bits per heavy atom. The van der Waals surface area contributed by atoms with Gasteiger partial charge in [0.1, 0.15) is 0 Å². The molecule has 3 aliphatic heterocycles. The number of hydrogen-bond donors (Lipinski definition) is 0. The van der Waals surface area contributed by atoms with Crippen LogP contribution in [0.1, 0.15) is 62.3 Å². The van der Waals surface area contributed by atoms with E-state index in [4.69, 9.17) is 0 Å². The molecule has 37 heavy (non-hydrogen) atoms. The van der Waals surface area contributed by atoms with Crippen LogP contribution in [0.2, 0.25) is 0 Å². The highest BCUT2D eigenvalue weighted by molar-refractivity contribution is 6.02. The zero-order valence-electron chi connectivity index (χ0n) is 22.2. The summed E-state index contributed by atoms with van der Waals surface area (Å²) in [7, 11) is 0. The number of benzene rings is 4. The molecule has 7 rings (SSSR count). The molecule has 0 saturated carbocycles. The number of rotatable bonds is 7. The van der Waals surface area contributed by atoms with E-state index < -0.39 is 0 Å². The predicted molar refractivity (Wildman–Crippen MR) is 157 cm³/mol. The Hall–Kier alpha value is -3.72. The molecule has 0 aliphatic carbocycles. The van der Waals surface area contributed by atoms with Crippen LogP contribution in [0.15, 0.2) is 84.9 Å². The zero-order chi connectivity index (χ0) is 25.1. The van der Waals surface area contributed by atoms with Crippen molar-refractivity contribution < 1.29 is 0 Å². The van der Waals surface area contributed by atoms with Crippen LogP contribution in [-0.2, 0) is 5.41 Å². The topological polar surface area (TPSA) is 9.72 Å². The van der Waals surface area contributed by atoms with Crippen molar-refractivity contribution in [3.8, 4) is 0 Å². The van der Waals surface area contributed by atoms with Crippen molar-refractivity contribution in [1.29, 1.82) is 0 Å². The van der Waals surface area contributed by atoms with Crippen LogP contribution in [0.25, 0.3) is 0 Å². The van der Waals surface area contributed by atoms with Crippen molar-refractivity contribution in [1.82, 2.24) is 0 Å². The molecule has 0 amide bonds. The van der Waals surface area contributed by atoms with Crippen LogP contribution in [0.3, 0.4) is 0 Å². The van der Waals surface area contributed by atoms with Gasteiger partial charge in [-0.25, -0.2) is 0 Å².